The highest BCUT2D eigenvalue weighted by atomic mass is 16.3. The second-order valence-corrected chi connectivity index (χ2v) is 4.97. The lowest BCUT2D eigenvalue weighted by Gasteiger charge is -2.13. The molecule has 0 unspecified atom stereocenters. The van der Waals surface area contributed by atoms with Crippen LogP contribution in [-0.2, 0) is 0 Å². The maximum absolute atomic E-state index is 12.3. The predicted molar refractivity (Wildman–Crippen MR) is 81.3 cm³/mol. The van der Waals surface area contributed by atoms with Crippen LogP contribution >= 0.6 is 0 Å². The Balaban J connectivity index is 2.42. The Kier molecular flexibility index (Phi) is 4.45. The molecule has 0 fully saturated rings. The standard InChI is InChI=1S/C17H14O6/c1-9-15(21)11(8-18)17(23)14(16(9)22)13(20)7-12(19)10-5-3-2-4-6-10/h2-6,8,21-23H,7H2,1H3. The first-order valence-electron chi connectivity index (χ1n) is 6.72. The molecule has 0 bridgehead atoms. The number of carbonyl (C=O) groups excluding carboxylic acids is 3. The summed E-state index contributed by atoms with van der Waals surface area (Å²) in [6.45, 7) is 1.28. The van der Waals surface area contributed by atoms with Crippen LogP contribution in [0.5, 0.6) is 17.2 Å². The molecule has 2 rings (SSSR count). The van der Waals surface area contributed by atoms with Gasteiger partial charge in [0, 0.05) is 11.1 Å². The second kappa shape index (κ2) is 6.31. The van der Waals surface area contributed by atoms with E-state index in [-0.39, 0.29) is 11.8 Å². The van der Waals surface area contributed by atoms with Crippen molar-refractivity contribution in [2.75, 3.05) is 0 Å². The van der Waals surface area contributed by atoms with Gasteiger partial charge in [-0.05, 0) is 6.92 Å². The van der Waals surface area contributed by atoms with Crippen LogP contribution < -0.4 is 0 Å². The van der Waals surface area contributed by atoms with Gasteiger partial charge in [0.2, 0.25) is 0 Å². The Morgan fingerprint density at radius 3 is 2.13 bits per heavy atom. The van der Waals surface area contributed by atoms with Crippen molar-refractivity contribution in [1.29, 1.82) is 0 Å². The number of hydrogen-bond acceptors (Lipinski definition) is 6. The Bertz CT molecular complexity index is 793. The SMILES string of the molecule is Cc1c(O)c(C=O)c(O)c(C(=O)CC(=O)c2ccccc2)c1O. The third kappa shape index (κ3) is 2.91. The highest BCUT2D eigenvalue weighted by molar-refractivity contribution is 6.16. The maximum atomic E-state index is 12.3. The third-order valence-electron chi connectivity index (χ3n) is 3.51. The van der Waals surface area contributed by atoms with Gasteiger partial charge in [0.05, 0.1) is 12.0 Å². The highest BCUT2D eigenvalue weighted by Gasteiger charge is 2.27. The van der Waals surface area contributed by atoms with Gasteiger partial charge in [-0.3, -0.25) is 14.4 Å². The number of hydrogen-bond donors (Lipinski definition) is 3. The van der Waals surface area contributed by atoms with Crippen LogP contribution in [0.3, 0.4) is 0 Å². The zero-order valence-electron chi connectivity index (χ0n) is 12.2. The monoisotopic (exact) mass is 314 g/mol. The average Bonchev–Trinajstić information content (AvgIpc) is 2.54. The zero-order valence-corrected chi connectivity index (χ0v) is 12.2. The molecule has 23 heavy (non-hydrogen) atoms. The van der Waals surface area contributed by atoms with Gasteiger partial charge in [-0.1, -0.05) is 30.3 Å². The number of ketones is 2. The van der Waals surface area contributed by atoms with Crippen molar-refractivity contribution in [3.05, 3.63) is 52.6 Å². The number of phenolic OH excluding ortho intramolecular Hbond substituents is 3. The van der Waals surface area contributed by atoms with Crippen molar-refractivity contribution in [3.63, 3.8) is 0 Å². The third-order valence-corrected chi connectivity index (χ3v) is 3.51. The molecular weight excluding hydrogens is 300 g/mol. The van der Waals surface area contributed by atoms with Crippen LogP contribution in [0.25, 0.3) is 0 Å². The summed E-state index contributed by atoms with van der Waals surface area (Å²) in [5, 5.41) is 29.6. The number of rotatable bonds is 5. The number of aromatic hydroxyl groups is 3. The lowest BCUT2D eigenvalue weighted by atomic mass is 9.95. The van der Waals surface area contributed by atoms with Crippen molar-refractivity contribution in [2.45, 2.75) is 13.3 Å². The molecule has 6 nitrogen and oxygen atoms in total. The number of carbonyl (C=O) groups is 3. The number of aldehydes is 1. The average molecular weight is 314 g/mol. The van der Waals surface area contributed by atoms with Crippen molar-refractivity contribution in [1.82, 2.24) is 0 Å². The molecule has 0 aliphatic rings. The second-order valence-electron chi connectivity index (χ2n) is 4.97. The molecule has 118 valence electrons. The Hall–Kier alpha value is -3.15. The summed E-state index contributed by atoms with van der Waals surface area (Å²) in [5.41, 5.74) is -0.867. The van der Waals surface area contributed by atoms with E-state index in [1.165, 1.54) is 19.1 Å². The van der Waals surface area contributed by atoms with Crippen LogP contribution in [0.2, 0.25) is 0 Å². The molecule has 0 aliphatic carbocycles. The molecule has 0 spiro atoms. The highest BCUT2D eigenvalue weighted by Crippen LogP contribution is 2.41. The molecule has 2 aromatic carbocycles. The number of benzene rings is 2. The maximum Gasteiger partial charge on any atom is 0.178 e. The van der Waals surface area contributed by atoms with Gasteiger partial charge >= 0.3 is 0 Å². The molecule has 0 aromatic heterocycles. The van der Waals surface area contributed by atoms with Gasteiger partial charge in [0.25, 0.3) is 0 Å². The summed E-state index contributed by atoms with van der Waals surface area (Å²) in [5.74, 6) is -3.45. The number of phenols is 3. The van der Waals surface area contributed by atoms with Crippen LogP contribution in [0, 0.1) is 6.92 Å². The van der Waals surface area contributed by atoms with Crippen LogP contribution in [0.15, 0.2) is 30.3 Å². The molecule has 0 saturated carbocycles. The van der Waals surface area contributed by atoms with Gasteiger partial charge in [0.15, 0.2) is 17.9 Å². The zero-order chi connectivity index (χ0) is 17.1. The Morgan fingerprint density at radius 1 is 0.957 bits per heavy atom. The Morgan fingerprint density at radius 2 is 1.57 bits per heavy atom. The summed E-state index contributed by atoms with van der Waals surface area (Å²) in [7, 11) is 0. The minimum atomic E-state index is -0.847. The Labute approximate surface area is 131 Å². The van der Waals surface area contributed by atoms with Crippen molar-refractivity contribution in [3.8, 4) is 17.2 Å². The van der Waals surface area contributed by atoms with Gasteiger partial charge in [-0.15, -0.1) is 0 Å². The van der Waals surface area contributed by atoms with E-state index in [0.29, 0.717) is 5.56 Å². The van der Waals surface area contributed by atoms with E-state index in [4.69, 9.17) is 0 Å². The molecule has 6 heteroatoms. The molecule has 0 atom stereocenters. The lowest BCUT2D eigenvalue weighted by Crippen LogP contribution is -2.10. The minimum absolute atomic E-state index is 0.125. The van der Waals surface area contributed by atoms with E-state index in [2.05, 4.69) is 0 Å². The summed E-state index contributed by atoms with van der Waals surface area (Å²) in [4.78, 5) is 35.3. The largest absolute Gasteiger partial charge is 0.507 e. The van der Waals surface area contributed by atoms with E-state index in [1.807, 2.05) is 0 Å². The van der Waals surface area contributed by atoms with E-state index in [9.17, 15) is 29.7 Å². The molecule has 0 saturated heterocycles. The first kappa shape index (κ1) is 16.2. The van der Waals surface area contributed by atoms with E-state index >= 15 is 0 Å². The normalized spacial score (nSPS) is 10.3. The lowest BCUT2D eigenvalue weighted by molar-refractivity contribution is 0.0891. The quantitative estimate of drug-likeness (QED) is 0.444. The van der Waals surface area contributed by atoms with Crippen molar-refractivity contribution in [2.24, 2.45) is 0 Å². The molecule has 2 aromatic rings. The van der Waals surface area contributed by atoms with Crippen LogP contribution in [-0.4, -0.2) is 33.2 Å². The van der Waals surface area contributed by atoms with E-state index in [1.54, 1.807) is 18.2 Å². The summed E-state index contributed by atoms with van der Waals surface area (Å²) < 4.78 is 0. The first-order chi connectivity index (χ1) is 10.9. The fourth-order valence-corrected chi connectivity index (χ4v) is 2.20. The smallest absolute Gasteiger partial charge is 0.178 e. The van der Waals surface area contributed by atoms with Crippen molar-refractivity contribution >= 4 is 17.9 Å². The number of Topliss-reactive ketones (excluding diaryl/α,β-unsaturated/α-hetero) is 2. The summed E-state index contributed by atoms with van der Waals surface area (Å²) in [6, 6.07) is 8.07. The van der Waals surface area contributed by atoms with Crippen LogP contribution in [0.1, 0.15) is 43.1 Å². The minimum Gasteiger partial charge on any atom is -0.507 e. The molecule has 0 amide bonds. The molecule has 0 aliphatic heterocycles. The topological polar surface area (TPSA) is 112 Å². The van der Waals surface area contributed by atoms with Crippen LogP contribution in [0.4, 0.5) is 0 Å². The van der Waals surface area contributed by atoms with E-state index in [0.717, 1.165) is 0 Å². The van der Waals surface area contributed by atoms with Gasteiger partial charge < -0.3 is 15.3 Å². The molecule has 3 N–H and O–H groups in total. The summed E-state index contributed by atoms with van der Waals surface area (Å²) in [6.07, 6.45) is -0.416. The fourth-order valence-electron chi connectivity index (χ4n) is 2.20. The van der Waals surface area contributed by atoms with E-state index < -0.39 is 46.4 Å². The first-order valence-corrected chi connectivity index (χ1v) is 6.72. The molecular formula is C17H14O6. The predicted octanol–water partition coefficient (Wildman–Crippen LogP) is 2.38. The fraction of sp³-hybridized carbons (Fsp3) is 0.118. The van der Waals surface area contributed by atoms with Gasteiger partial charge in [-0.2, -0.15) is 0 Å². The van der Waals surface area contributed by atoms with Gasteiger partial charge in [0.1, 0.15) is 22.8 Å². The van der Waals surface area contributed by atoms with Gasteiger partial charge in [-0.25, -0.2) is 0 Å². The molecule has 0 radical (unpaired) electrons. The van der Waals surface area contributed by atoms with Crippen molar-refractivity contribution < 1.29 is 29.7 Å². The summed E-state index contributed by atoms with van der Waals surface area (Å²) >= 11 is 0. The molecule has 0 heterocycles.